The highest BCUT2D eigenvalue weighted by molar-refractivity contribution is 5.39. The zero-order valence-corrected chi connectivity index (χ0v) is 10.4. The summed E-state index contributed by atoms with van der Waals surface area (Å²) >= 11 is 0. The van der Waals surface area contributed by atoms with E-state index in [1.165, 1.54) is 31.4 Å². The molecule has 1 aliphatic rings. The summed E-state index contributed by atoms with van der Waals surface area (Å²) in [4.78, 5) is 0. The van der Waals surface area contributed by atoms with Gasteiger partial charge in [-0.25, -0.2) is 0 Å². The van der Waals surface area contributed by atoms with Gasteiger partial charge >= 0.3 is 0 Å². The van der Waals surface area contributed by atoms with Crippen LogP contribution in [0.1, 0.15) is 46.0 Å². The molecule has 3 heteroatoms. The Hall–Kier alpha value is -0.990. The Kier molecular flexibility index (Phi) is 3.86. The van der Waals surface area contributed by atoms with Crippen LogP contribution in [0.4, 0.5) is 5.69 Å². The Morgan fingerprint density at radius 3 is 3.00 bits per heavy atom. The van der Waals surface area contributed by atoms with Crippen molar-refractivity contribution < 1.29 is 0 Å². The van der Waals surface area contributed by atoms with E-state index >= 15 is 0 Å². The first-order valence-electron chi connectivity index (χ1n) is 6.58. The molecule has 1 aromatic heterocycles. The van der Waals surface area contributed by atoms with Crippen LogP contribution in [0, 0.1) is 5.92 Å². The van der Waals surface area contributed by atoms with E-state index in [-0.39, 0.29) is 0 Å². The van der Waals surface area contributed by atoms with Crippen LogP contribution >= 0.6 is 0 Å². The maximum atomic E-state index is 4.35. The molecule has 1 aliphatic carbocycles. The van der Waals surface area contributed by atoms with Gasteiger partial charge in [0.05, 0.1) is 11.9 Å². The molecule has 1 heterocycles. The standard InChI is InChI=1S/C13H23N3/c1-3-8-16-10-12(9-14-16)15-13-7-5-4-6-11(13)2/h9-11,13,15H,3-8H2,1-2H3. The van der Waals surface area contributed by atoms with Crippen LogP contribution in [-0.2, 0) is 6.54 Å². The van der Waals surface area contributed by atoms with Gasteiger partial charge in [0.25, 0.3) is 0 Å². The largest absolute Gasteiger partial charge is 0.380 e. The second kappa shape index (κ2) is 5.37. The molecule has 1 aromatic rings. The lowest BCUT2D eigenvalue weighted by Gasteiger charge is -2.29. The van der Waals surface area contributed by atoms with Crippen LogP contribution < -0.4 is 5.32 Å². The smallest absolute Gasteiger partial charge is 0.0728 e. The summed E-state index contributed by atoms with van der Waals surface area (Å²) in [6.07, 6.45) is 10.7. The Morgan fingerprint density at radius 2 is 2.25 bits per heavy atom. The van der Waals surface area contributed by atoms with Gasteiger partial charge < -0.3 is 5.32 Å². The molecule has 1 N–H and O–H groups in total. The van der Waals surface area contributed by atoms with Crippen LogP contribution in [0.2, 0.25) is 0 Å². The van der Waals surface area contributed by atoms with Crippen LogP contribution in [0.25, 0.3) is 0 Å². The number of aromatic nitrogens is 2. The predicted molar refractivity (Wildman–Crippen MR) is 67.6 cm³/mol. The summed E-state index contributed by atoms with van der Waals surface area (Å²) in [5.41, 5.74) is 1.19. The lowest BCUT2D eigenvalue weighted by Crippen LogP contribution is -2.30. The van der Waals surface area contributed by atoms with Crippen molar-refractivity contribution in [2.45, 2.75) is 58.5 Å². The second-order valence-corrected chi connectivity index (χ2v) is 5.00. The van der Waals surface area contributed by atoms with E-state index in [1.54, 1.807) is 0 Å². The maximum absolute atomic E-state index is 4.35. The van der Waals surface area contributed by atoms with Gasteiger partial charge in [-0.2, -0.15) is 5.10 Å². The van der Waals surface area contributed by atoms with E-state index in [1.807, 2.05) is 10.9 Å². The predicted octanol–water partition coefficient (Wildman–Crippen LogP) is 3.28. The van der Waals surface area contributed by atoms with Gasteiger partial charge in [0.1, 0.15) is 0 Å². The lowest BCUT2D eigenvalue weighted by molar-refractivity contribution is 0.349. The summed E-state index contributed by atoms with van der Waals surface area (Å²) in [6.45, 7) is 5.55. The number of aryl methyl sites for hydroxylation is 1. The van der Waals surface area contributed by atoms with E-state index in [2.05, 4.69) is 30.5 Å². The molecule has 2 unspecified atom stereocenters. The third-order valence-electron chi connectivity index (χ3n) is 3.55. The molecule has 0 bridgehead atoms. The van der Waals surface area contributed by atoms with Crippen molar-refractivity contribution in [2.75, 3.05) is 5.32 Å². The van der Waals surface area contributed by atoms with Crippen molar-refractivity contribution in [1.29, 1.82) is 0 Å². The average molecular weight is 221 g/mol. The molecule has 2 rings (SSSR count). The fourth-order valence-corrected chi connectivity index (χ4v) is 2.53. The zero-order chi connectivity index (χ0) is 11.4. The van der Waals surface area contributed by atoms with Crippen LogP contribution in [0.5, 0.6) is 0 Å². The van der Waals surface area contributed by atoms with Gasteiger partial charge in [-0.3, -0.25) is 4.68 Å². The first-order chi connectivity index (χ1) is 7.79. The summed E-state index contributed by atoms with van der Waals surface area (Å²) in [5, 5.41) is 7.98. The van der Waals surface area contributed by atoms with E-state index in [9.17, 15) is 0 Å². The topological polar surface area (TPSA) is 29.9 Å². The molecule has 90 valence electrons. The molecule has 16 heavy (non-hydrogen) atoms. The van der Waals surface area contributed by atoms with Crippen LogP contribution in [0.15, 0.2) is 12.4 Å². The minimum absolute atomic E-state index is 0.646. The first-order valence-corrected chi connectivity index (χ1v) is 6.58. The van der Waals surface area contributed by atoms with Gasteiger partial charge in [0.2, 0.25) is 0 Å². The summed E-state index contributed by atoms with van der Waals surface area (Å²) in [7, 11) is 0. The number of nitrogens with zero attached hydrogens (tertiary/aromatic N) is 2. The third-order valence-corrected chi connectivity index (χ3v) is 3.55. The van der Waals surface area contributed by atoms with Gasteiger partial charge in [-0.05, 0) is 25.2 Å². The molecule has 1 saturated carbocycles. The van der Waals surface area contributed by atoms with E-state index in [0.29, 0.717) is 6.04 Å². The third kappa shape index (κ3) is 2.77. The number of nitrogens with one attached hydrogen (secondary N) is 1. The highest BCUT2D eigenvalue weighted by atomic mass is 15.3. The highest BCUT2D eigenvalue weighted by Gasteiger charge is 2.21. The summed E-state index contributed by atoms with van der Waals surface area (Å²) in [5.74, 6) is 0.795. The quantitative estimate of drug-likeness (QED) is 0.845. The minimum Gasteiger partial charge on any atom is -0.380 e. The van der Waals surface area contributed by atoms with Crippen molar-refractivity contribution >= 4 is 5.69 Å². The van der Waals surface area contributed by atoms with Crippen molar-refractivity contribution in [3.63, 3.8) is 0 Å². The van der Waals surface area contributed by atoms with E-state index in [0.717, 1.165) is 18.9 Å². The number of rotatable bonds is 4. The number of hydrogen-bond donors (Lipinski definition) is 1. The lowest BCUT2D eigenvalue weighted by atomic mass is 9.86. The van der Waals surface area contributed by atoms with Crippen molar-refractivity contribution in [3.05, 3.63) is 12.4 Å². The first kappa shape index (κ1) is 11.5. The minimum atomic E-state index is 0.646. The van der Waals surface area contributed by atoms with E-state index < -0.39 is 0 Å². The Balaban J connectivity index is 1.91. The molecule has 3 nitrogen and oxygen atoms in total. The molecule has 0 amide bonds. The Morgan fingerprint density at radius 1 is 1.44 bits per heavy atom. The maximum Gasteiger partial charge on any atom is 0.0728 e. The fraction of sp³-hybridized carbons (Fsp3) is 0.769. The molecule has 1 fully saturated rings. The molecule has 0 spiro atoms. The molecule has 0 aromatic carbocycles. The van der Waals surface area contributed by atoms with Crippen molar-refractivity contribution in [1.82, 2.24) is 9.78 Å². The normalized spacial score (nSPS) is 25.6. The second-order valence-electron chi connectivity index (χ2n) is 5.00. The Labute approximate surface area is 98.2 Å². The Bertz CT molecular complexity index is 319. The molecular formula is C13H23N3. The number of anilines is 1. The highest BCUT2D eigenvalue weighted by Crippen LogP contribution is 2.26. The number of hydrogen-bond acceptors (Lipinski definition) is 2. The van der Waals surface area contributed by atoms with Crippen LogP contribution in [-0.4, -0.2) is 15.8 Å². The molecule has 0 aliphatic heterocycles. The summed E-state index contributed by atoms with van der Waals surface area (Å²) < 4.78 is 2.02. The van der Waals surface area contributed by atoms with Crippen molar-refractivity contribution in [2.24, 2.45) is 5.92 Å². The summed E-state index contributed by atoms with van der Waals surface area (Å²) in [6, 6.07) is 0.646. The van der Waals surface area contributed by atoms with Gasteiger partial charge in [0, 0.05) is 18.8 Å². The van der Waals surface area contributed by atoms with Crippen molar-refractivity contribution in [3.8, 4) is 0 Å². The fourth-order valence-electron chi connectivity index (χ4n) is 2.53. The molecule has 0 radical (unpaired) electrons. The SMILES string of the molecule is CCCn1cc(NC2CCCCC2C)cn1. The van der Waals surface area contributed by atoms with Gasteiger partial charge in [0.15, 0.2) is 0 Å². The molecule has 2 atom stereocenters. The molecule has 0 saturated heterocycles. The molecular weight excluding hydrogens is 198 g/mol. The monoisotopic (exact) mass is 221 g/mol. The van der Waals surface area contributed by atoms with Crippen LogP contribution in [0.3, 0.4) is 0 Å². The van der Waals surface area contributed by atoms with Gasteiger partial charge in [-0.1, -0.05) is 26.7 Å². The van der Waals surface area contributed by atoms with Gasteiger partial charge in [-0.15, -0.1) is 0 Å². The zero-order valence-electron chi connectivity index (χ0n) is 10.4. The van der Waals surface area contributed by atoms with E-state index in [4.69, 9.17) is 0 Å². The average Bonchev–Trinajstić information content (AvgIpc) is 2.70.